The molecule has 6 aromatic rings. The van der Waals surface area contributed by atoms with Crippen molar-refractivity contribution in [1.29, 1.82) is 0 Å². The quantitative estimate of drug-likeness (QED) is 0.0409. The fraction of sp³-hybridized carbons (Fsp3) is 0. The topological polar surface area (TPSA) is 280 Å². The lowest BCUT2D eigenvalue weighted by molar-refractivity contribution is -0.108. The molecule has 0 saturated carbocycles. The van der Waals surface area contributed by atoms with E-state index in [0.29, 0.717) is 27.7 Å². The molecule has 6 aromatic carbocycles. The van der Waals surface area contributed by atoms with Crippen LogP contribution in [0.1, 0.15) is 11.1 Å². The van der Waals surface area contributed by atoms with Crippen LogP contribution < -0.4 is 11.2 Å². The molecule has 0 saturated heterocycles. The van der Waals surface area contributed by atoms with E-state index in [-0.39, 0.29) is 49.7 Å². The SMILES string of the molecule is Nc1ccc(N=Nc2ccc(N=Nc3ccc(N/N=C4/C(=O)C=Cc5cc(S(=O)(=O)O)ccc54)c4ccc(S(=O)(=O)O)cc34)c3ccc(S(=O)(=O)O)cc23)cc1. The van der Waals surface area contributed by atoms with E-state index in [1.807, 2.05) is 0 Å². The second-order valence-electron chi connectivity index (χ2n) is 12.1. The molecule has 7 rings (SSSR count). The van der Waals surface area contributed by atoms with Crippen molar-refractivity contribution in [2.45, 2.75) is 14.7 Å². The Hall–Kier alpha value is -6.55. The van der Waals surface area contributed by atoms with Crippen LogP contribution in [0.4, 0.5) is 34.1 Å². The first kappa shape index (κ1) is 37.8. The van der Waals surface area contributed by atoms with E-state index in [1.54, 1.807) is 30.3 Å². The minimum atomic E-state index is -4.68. The van der Waals surface area contributed by atoms with Gasteiger partial charge in [0.05, 0.1) is 43.1 Å². The molecule has 0 atom stereocenters. The van der Waals surface area contributed by atoms with Crippen LogP contribution in [0.2, 0.25) is 0 Å². The molecule has 282 valence electrons. The molecular weight excluding hydrogens is 787 g/mol. The first-order chi connectivity index (χ1) is 26.5. The molecule has 20 heteroatoms. The summed E-state index contributed by atoms with van der Waals surface area (Å²) in [5.41, 5.74) is 10.9. The largest absolute Gasteiger partial charge is 0.399 e. The summed E-state index contributed by atoms with van der Waals surface area (Å²) in [5, 5.41) is 22.6. The molecule has 0 unspecified atom stereocenters. The van der Waals surface area contributed by atoms with Gasteiger partial charge in [0.1, 0.15) is 5.71 Å². The number of carbonyl (C=O) groups is 1. The average molecular weight is 812 g/mol. The maximum Gasteiger partial charge on any atom is 0.294 e. The maximum atomic E-state index is 12.8. The molecule has 0 spiro atoms. The third-order valence-electron chi connectivity index (χ3n) is 8.45. The van der Waals surface area contributed by atoms with Crippen LogP contribution in [-0.4, -0.2) is 50.4 Å². The van der Waals surface area contributed by atoms with Crippen molar-refractivity contribution in [1.82, 2.24) is 0 Å². The van der Waals surface area contributed by atoms with Gasteiger partial charge in [-0.25, -0.2) is 0 Å². The molecule has 0 amide bonds. The third kappa shape index (κ3) is 7.82. The minimum absolute atomic E-state index is 0.0867. The summed E-state index contributed by atoms with van der Waals surface area (Å²) in [6.07, 6.45) is 2.56. The van der Waals surface area contributed by atoms with Crippen LogP contribution in [-0.2, 0) is 35.1 Å². The number of anilines is 2. The number of nitrogen functional groups attached to an aromatic ring is 1. The second-order valence-corrected chi connectivity index (χ2v) is 16.4. The van der Waals surface area contributed by atoms with Gasteiger partial charge in [-0.2, -0.15) is 35.5 Å². The Morgan fingerprint density at radius 1 is 0.518 bits per heavy atom. The Labute approximate surface area is 317 Å². The molecule has 0 heterocycles. The summed E-state index contributed by atoms with van der Waals surface area (Å²) in [4.78, 5) is 11.6. The van der Waals surface area contributed by atoms with Crippen molar-refractivity contribution < 1.29 is 43.7 Å². The summed E-state index contributed by atoms with van der Waals surface area (Å²) < 4.78 is 101. The summed E-state index contributed by atoms with van der Waals surface area (Å²) in [6.45, 7) is 0. The van der Waals surface area contributed by atoms with Crippen molar-refractivity contribution in [2.24, 2.45) is 25.6 Å². The fourth-order valence-electron chi connectivity index (χ4n) is 5.71. The highest BCUT2D eigenvalue weighted by atomic mass is 32.2. The first-order valence-corrected chi connectivity index (χ1v) is 20.2. The van der Waals surface area contributed by atoms with Crippen LogP contribution in [0.5, 0.6) is 0 Å². The van der Waals surface area contributed by atoms with Gasteiger partial charge in [-0.3, -0.25) is 23.9 Å². The van der Waals surface area contributed by atoms with Crippen molar-refractivity contribution in [3.63, 3.8) is 0 Å². The Morgan fingerprint density at radius 3 is 1.62 bits per heavy atom. The molecule has 6 N–H and O–H groups in total. The third-order valence-corrected chi connectivity index (χ3v) is 11.0. The zero-order chi connectivity index (χ0) is 40.0. The monoisotopic (exact) mass is 811 g/mol. The Balaban J connectivity index is 1.30. The molecule has 17 nitrogen and oxygen atoms in total. The van der Waals surface area contributed by atoms with Gasteiger partial charge in [0.15, 0.2) is 0 Å². The Morgan fingerprint density at radius 2 is 1.02 bits per heavy atom. The van der Waals surface area contributed by atoms with Gasteiger partial charge in [0, 0.05) is 32.8 Å². The first-order valence-electron chi connectivity index (χ1n) is 15.9. The second kappa shape index (κ2) is 14.3. The standard InChI is InChI=1S/C36H25N7O10S3/c37-21-2-4-22(5-3-21)38-39-33-14-12-31(27-10-7-24(18-29(27)33)55(48,49)50)40-41-34-15-13-32(28-11-8-25(19-30(28)34)56(51,52)53)42-43-36-26-9-6-23(54(45,46)47)17-20(26)1-16-35(36)44/h1-19,42H,37H2,(H,45,46,47)(H,48,49,50)(H,51,52,53)/b39-38?,41-40?,43-36+. The minimum Gasteiger partial charge on any atom is -0.399 e. The molecular formula is C36H25N7O10S3. The highest BCUT2D eigenvalue weighted by Crippen LogP contribution is 2.39. The highest BCUT2D eigenvalue weighted by Gasteiger charge is 2.22. The molecule has 56 heavy (non-hydrogen) atoms. The number of benzene rings is 6. The lowest BCUT2D eigenvalue weighted by atomic mass is 9.95. The van der Waals surface area contributed by atoms with Crippen LogP contribution in [0.15, 0.2) is 149 Å². The number of hydrogen-bond donors (Lipinski definition) is 5. The predicted molar refractivity (Wildman–Crippen MR) is 207 cm³/mol. The summed E-state index contributed by atoms with van der Waals surface area (Å²) in [7, 11) is -13.8. The normalized spacial score (nSPS) is 14.3. The van der Waals surface area contributed by atoms with Crippen molar-refractivity contribution in [3.05, 3.63) is 120 Å². The van der Waals surface area contributed by atoms with Crippen molar-refractivity contribution >= 4 is 104 Å². The lowest BCUT2D eigenvalue weighted by Gasteiger charge is -2.14. The fourth-order valence-corrected chi connectivity index (χ4v) is 7.24. The number of ketones is 1. The number of fused-ring (bicyclic) bond motifs is 3. The molecule has 0 bridgehead atoms. The highest BCUT2D eigenvalue weighted by molar-refractivity contribution is 7.86. The van der Waals surface area contributed by atoms with Crippen molar-refractivity contribution in [3.8, 4) is 0 Å². The molecule has 1 aliphatic rings. The van der Waals surface area contributed by atoms with E-state index in [4.69, 9.17) is 5.73 Å². The molecule has 0 aliphatic heterocycles. The average Bonchev–Trinajstić information content (AvgIpc) is 3.15. The number of nitrogens with two attached hydrogens (primary N) is 1. The number of allylic oxidation sites excluding steroid dienone is 1. The Bertz CT molecular complexity index is 3110. The maximum absolute atomic E-state index is 12.8. The van der Waals surface area contributed by atoms with Gasteiger partial charge in [-0.15, -0.1) is 15.3 Å². The van der Waals surface area contributed by atoms with Gasteiger partial charge in [0.25, 0.3) is 30.4 Å². The van der Waals surface area contributed by atoms with Gasteiger partial charge in [-0.1, -0.05) is 24.3 Å². The van der Waals surface area contributed by atoms with Crippen LogP contribution in [0.25, 0.3) is 27.6 Å². The zero-order valence-corrected chi connectivity index (χ0v) is 30.7. The molecule has 0 fully saturated rings. The number of azo groups is 2. The van der Waals surface area contributed by atoms with Crippen molar-refractivity contribution in [2.75, 3.05) is 11.2 Å². The Kier molecular flexibility index (Phi) is 9.62. The number of nitrogens with one attached hydrogen (secondary N) is 1. The van der Waals surface area contributed by atoms with E-state index in [9.17, 15) is 43.7 Å². The molecule has 0 radical (unpaired) electrons. The van der Waals surface area contributed by atoms with E-state index in [2.05, 4.69) is 31.0 Å². The van der Waals surface area contributed by atoms with Gasteiger partial charge in [0.2, 0.25) is 5.78 Å². The van der Waals surface area contributed by atoms with E-state index >= 15 is 0 Å². The lowest BCUT2D eigenvalue weighted by Crippen LogP contribution is -2.19. The number of hydrazone groups is 1. The smallest absolute Gasteiger partial charge is 0.294 e. The number of nitrogens with zero attached hydrogens (tertiary/aromatic N) is 5. The van der Waals surface area contributed by atoms with Gasteiger partial charge < -0.3 is 5.73 Å². The summed E-state index contributed by atoms with van der Waals surface area (Å²) in [6, 6.07) is 23.7. The zero-order valence-electron chi connectivity index (χ0n) is 28.2. The summed E-state index contributed by atoms with van der Waals surface area (Å²) in [5.74, 6) is -0.512. The van der Waals surface area contributed by atoms with Gasteiger partial charge >= 0.3 is 0 Å². The molecule has 1 aliphatic carbocycles. The van der Waals surface area contributed by atoms with Gasteiger partial charge in [-0.05, 0) is 96.6 Å². The van der Waals surface area contributed by atoms with E-state index in [1.165, 1.54) is 66.7 Å². The van der Waals surface area contributed by atoms with Crippen LogP contribution in [0.3, 0.4) is 0 Å². The number of carbonyl (C=O) groups excluding carboxylic acids is 1. The number of hydrogen-bond acceptors (Lipinski definition) is 14. The summed E-state index contributed by atoms with van der Waals surface area (Å²) >= 11 is 0. The van der Waals surface area contributed by atoms with Crippen LogP contribution >= 0.6 is 0 Å². The van der Waals surface area contributed by atoms with Crippen LogP contribution in [0, 0.1) is 0 Å². The van der Waals surface area contributed by atoms with E-state index < -0.39 is 45.9 Å². The number of rotatable bonds is 9. The molecule has 0 aromatic heterocycles. The van der Waals surface area contributed by atoms with E-state index in [0.717, 1.165) is 18.2 Å². The predicted octanol–water partition coefficient (Wildman–Crippen LogP) is 7.56.